The monoisotopic (exact) mass is 226 g/mol. The van der Waals surface area contributed by atoms with E-state index in [2.05, 4.69) is 6.92 Å². The van der Waals surface area contributed by atoms with Gasteiger partial charge in [-0.05, 0) is 25.2 Å². The van der Waals surface area contributed by atoms with Gasteiger partial charge in [-0.25, -0.2) is 0 Å². The van der Waals surface area contributed by atoms with Gasteiger partial charge in [-0.15, -0.1) is 0 Å². The molecule has 1 saturated heterocycles. The van der Waals surface area contributed by atoms with E-state index in [0.29, 0.717) is 25.0 Å². The highest BCUT2D eigenvalue weighted by atomic mass is 16.5. The second-order valence-electron chi connectivity index (χ2n) is 5.21. The predicted octanol–water partition coefficient (Wildman–Crippen LogP) is 0.609. The van der Waals surface area contributed by atoms with E-state index in [0.717, 1.165) is 32.4 Å². The van der Waals surface area contributed by atoms with Gasteiger partial charge >= 0.3 is 0 Å². The Kier molecular flexibility index (Phi) is 3.82. The molecule has 16 heavy (non-hydrogen) atoms. The van der Waals surface area contributed by atoms with Gasteiger partial charge in [0.1, 0.15) is 0 Å². The molecule has 4 heteroatoms. The molecule has 0 spiro atoms. The summed E-state index contributed by atoms with van der Waals surface area (Å²) >= 11 is 0. The third-order valence-corrected chi connectivity index (χ3v) is 3.65. The largest absolute Gasteiger partial charge is 0.378 e. The van der Waals surface area contributed by atoms with Gasteiger partial charge < -0.3 is 15.4 Å². The first-order valence-electron chi connectivity index (χ1n) is 6.29. The molecule has 1 aliphatic heterocycles. The molecule has 1 saturated carbocycles. The number of hydrogen-bond acceptors (Lipinski definition) is 3. The molecule has 1 heterocycles. The maximum Gasteiger partial charge on any atom is 0.225 e. The summed E-state index contributed by atoms with van der Waals surface area (Å²) < 4.78 is 5.26. The van der Waals surface area contributed by atoms with Gasteiger partial charge in [0.15, 0.2) is 0 Å². The van der Waals surface area contributed by atoms with Crippen LogP contribution in [0, 0.1) is 11.8 Å². The lowest BCUT2D eigenvalue weighted by Crippen LogP contribution is -2.46. The van der Waals surface area contributed by atoms with E-state index < -0.39 is 0 Å². The summed E-state index contributed by atoms with van der Waals surface area (Å²) in [6.45, 7) is 5.05. The fourth-order valence-electron chi connectivity index (χ4n) is 2.90. The van der Waals surface area contributed by atoms with Crippen LogP contribution in [0.1, 0.15) is 26.2 Å². The summed E-state index contributed by atoms with van der Waals surface area (Å²) in [7, 11) is 0. The highest BCUT2D eigenvalue weighted by molar-refractivity contribution is 5.79. The number of hydrogen-bond donors (Lipinski definition) is 1. The summed E-state index contributed by atoms with van der Waals surface area (Å²) in [6, 6.07) is 0.207. The smallest absolute Gasteiger partial charge is 0.225 e. The molecule has 1 amide bonds. The van der Waals surface area contributed by atoms with E-state index in [4.69, 9.17) is 10.5 Å². The number of nitrogens with two attached hydrogens (primary N) is 1. The Morgan fingerprint density at radius 3 is 2.56 bits per heavy atom. The molecule has 0 aromatic carbocycles. The average Bonchev–Trinajstić information content (AvgIpc) is 2.28. The Balaban J connectivity index is 1.92. The van der Waals surface area contributed by atoms with Gasteiger partial charge in [-0.1, -0.05) is 6.92 Å². The minimum Gasteiger partial charge on any atom is -0.378 e. The molecular weight excluding hydrogens is 204 g/mol. The van der Waals surface area contributed by atoms with Gasteiger partial charge in [0.2, 0.25) is 5.91 Å². The third-order valence-electron chi connectivity index (χ3n) is 3.65. The number of carbonyl (C=O) groups is 1. The van der Waals surface area contributed by atoms with Crippen molar-refractivity contribution in [3.05, 3.63) is 0 Å². The van der Waals surface area contributed by atoms with Crippen molar-refractivity contribution < 1.29 is 9.53 Å². The second-order valence-corrected chi connectivity index (χ2v) is 5.21. The standard InChI is InChI=1S/C12H22N2O2/c1-9-6-10(8-11(13)7-9)12(15)14-2-4-16-5-3-14/h9-11H,2-8,13H2,1H3. The van der Waals surface area contributed by atoms with Crippen LogP contribution in [0.5, 0.6) is 0 Å². The van der Waals surface area contributed by atoms with Crippen LogP contribution in [-0.4, -0.2) is 43.2 Å². The molecule has 92 valence electrons. The van der Waals surface area contributed by atoms with Crippen LogP contribution in [0.15, 0.2) is 0 Å². The van der Waals surface area contributed by atoms with Crippen LogP contribution in [-0.2, 0) is 9.53 Å². The molecule has 2 aliphatic rings. The van der Waals surface area contributed by atoms with Gasteiger partial charge in [0.25, 0.3) is 0 Å². The lowest BCUT2D eigenvalue weighted by molar-refractivity contribution is -0.141. The van der Waals surface area contributed by atoms with E-state index in [1.165, 1.54) is 0 Å². The van der Waals surface area contributed by atoms with Crippen molar-refractivity contribution in [2.75, 3.05) is 26.3 Å². The molecule has 3 unspecified atom stereocenters. The molecular formula is C12H22N2O2. The van der Waals surface area contributed by atoms with Crippen molar-refractivity contribution in [2.45, 2.75) is 32.2 Å². The Morgan fingerprint density at radius 2 is 1.94 bits per heavy atom. The second kappa shape index (κ2) is 5.15. The molecule has 2 fully saturated rings. The molecule has 2 rings (SSSR count). The van der Waals surface area contributed by atoms with E-state index >= 15 is 0 Å². The quantitative estimate of drug-likeness (QED) is 0.712. The summed E-state index contributed by atoms with van der Waals surface area (Å²) in [5, 5.41) is 0. The first-order valence-corrected chi connectivity index (χ1v) is 6.29. The first-order chi connectivity index (χ1) is 7.66. The van der Waals surface area contributed by atoms with Crippen LogP contribution in [0.4, 0.5) is 0 Å². The van der Waals surface area contributed by atoms with Crippen LogP contribution in [0.25, 0.3) is 0 Å². The Morgan fingerprint density at radius 1 is 1.25 bits per heavy atom. The van der Waals surface area contributed by atoms with Gasteiger partial charge in [-0.3, -0.25) is 4.79 Å². The van der Waals surface area contributed by atoms with E-state index in [1.54, 1.807) is 0 Å². The van der Waals surface area contributed by atoms with Crippen molar-refractivity contribution in [2.24, 2.45) is 17.6 Å². The van der Waals surface area contributed by atoms with E-state index in [-0.39, 0.29) is 12.0 Å². The molecule has 4 nitrogen and oxygen atoms in total. The lowest BCUT2D eigenvalue weighted by atomic mass is 9.79. The van der Waals surface area contributed by atoms with Crippen LogP contribution in [0.3, 0.4) is 0 Å². The first kappa shape index (κ1) is 11.9. The van der Waals surface area contributed by atoms with E-state index in [1.807, 2.05) is 4.90 Å². The molecule has 3 atom stereocenters. The third kappa shape index (κ3) is 2.74. The molecule has 2 N–H and O–H groups in total. The zero-order valence-electron chi connectivity index (χ0n) is 10.0. The SMILES string of the molecule is CC1CC(N)CC(C(=O)N2CCOCC2)C1. The van der Waals surface area contributed by atoms with Gasteiger partial charge in [0.05, 0.1) is 13.2 Å². The van der Waals surface area contributed by atoms with Crippen LogP contribution >= 0.6 is 0 Å². The minimum atomic E-state index is 0.150. The van der Waals surface area contributed by atoms with Crippen molar-refractivity contribution in [3.8, 4) is 0 Å². The summed E-state index contributed by atoms with van der Waals surface area (Å²) in [5.41, 5.74) is 5.99. The van der Waals surface area contributed by atoms with Crippen molar-refractivity contribution in [1.82, 2.24) is 4.90 Å². The maximum absolute atomic E-state index is 12.3. The highest BCUT2D eigenvalue weighted by Gasteiger charge is 2.32. The van der Waals surface area contributed by atoms with Crippen molar-refractivity contribution in [1.29, 1.82) is 0 Å². The van der Waals surface area contributed by atoms with Crippen LogP contribution in [0.2, 0.25) is 0 Å². The summed E-state index contributed by atoms with van der Waals surface area (Å²) in [6.07, 6.45) is 2.93. The molecule has 0 radical (unpaired) electrons. The molecule has 1 aliphatic carbocycles. The maximum atomic E-state index is 12.3. The number of ether oxygens (including phenoxy) is 1. The van der Waals surface area contributed by atoms with Crippen LogP contribution < -0.4 is 5.73 Å². The zero-order valence-corrected chi connectivity index (χ0v) is 10.0. The topological polar surface area (TPSA) is 55.6 Å². The van der Waals surface area contributed by atoms with Gasteiger partial charge in [-0.2, -0.15) is 0 Å². The average molecular weight is 226 g/mol. The minimum absolute atomic E-state index is 0.150. The number of nitrogens with zero attached hydrogens (tertiary/aromatic N) is 1. The van der Waals surface area contributed by atoms with Gasteiger partial charge in [0, 0.05) is 25.0 Å². The molecule has 0 aromatic heterocycles. The van der Waals surface area contributed by atoms with Crippen molar-refractivity contribution >= 4 is 5.91 Å². The normalized spacial score (nSPS) is 36.1. The molecule has 0 aromatic rings. The Bertz CT molecular complexity index is 241. The fraction of sp³-hybridized carbons (Fsp3) is 0.917. The van der Waals surface area contributed by atoms with Crippen molar-refractivity contribution in [3.63, 3.8) is 0 Å². The Labute approximate surface area is 97.1 Å². The number of morpholine rings is 1. The summed E-state index contributed by atoms with van der Waals surface area (Å²) in [4.78, 5) is 14.2. The fourth-order valence-corrected chi connectivity index (χ4v) is 2.90. The summed E-state index contributed by atoms with van der Waals surface area (Å²) in [5.74, 6) is 1.03. The lowest BCUT2D eigenvalue weighted by Gasteiger charge is -2.35. The number of rotatable bonds is 1. The zero-order chi connectivity index (χ0) is 11.5. The van der Waals surface area contributed by atoms with E-state index in [9.17, 15) is 4.79 Å². The highest BCUT2D eigenvalue weighted by Crippen LogP contribution is 2.29. The predicted molar refractivity (Wildman–Crippen MR) is 61.9 cm³/mol. The number of carbonyl (C=O) groups excluding carboxylic acids is 1. The molecule has 0 bridgehead atoms. The number of amides is 1. The Hall–Kier alpha value is -0.610.